The zero-order chi connectivity index (χ0) is 59.4. The van der Waals surface area contributed by atoms with Gasteiger partial charge in [-0.05, 0) is 62.8 Å². The molecule has 6 amide bonds. The Bertz CT molecular complexity index is 2660. The lowest BCUT2D eigenvalue weighted by molar-refractivity contribution is -0.166. The van der Waals surface area contributed by atoms with Crippen LogP contribution in [0.2, 0.25) is 0 Å². The molecule has 3 saturated heterocycles. The molecular formula is C51H73F3N14O13S2. The number of hydrogen-bond acceptors (Lipinski definition) is 21. The smallest absolute Gasteiger partial charge is 0.442 e. The van der Waals surface area contributed by atoms with Crippen molar-refractivity contribution in [3.8, 4) is 0 Å². The van der Waals surface area contributed by atoms with Crippen molar-refractivity contribution in [1.82, 2.24) is 51.4 Å². The van der Waals surface area contributed by atoms with Crippen LogP contribution in [-0.2, 0) is 43.8 Å². The van der Waals surface area contributed by atoms with Crippen molar-refractivity contribution in [3.05, 3.63) is 48.0 Å². The molecule has 3 aromatic rings. The number of aliphatic hydroxyl groups is 2. The molecule has 0 bridgehead atoms. The maximum atomic E-state index is 13.6. The summed E-state index contributed by atoms with van der Waals surface area (Å²) in [6.45, 7) is 3.22. The highest BCUT2D eigenvalue weighted by molar-refractivity contribution is 8.00. The summed E-state index contributed by atoms with van der Waals surface area (Å²) in [5.41, 5.74) is 3.23. The van der Waals surface area contributed by atoms with Gasteiger partial charge in [0.2, 0.25) is 17.7 Å². The molecule has 9 atom stereocenters. The monoisotopic (exact) mass is 1210 g/mol. The number of alkyl halides is 3. The molecule has 12 N–H and O–H groups in total. The summed E-state index contributed by atoms with van der Waals surface area (Å²) in [7, 11) is 0. The van der Waals surface area contributed by atoms with E-state index in [1.54, 1.807) is 0 Å². The van der Waals surface area contributed by atoms with Crippen LogP contribution in [0.3, 0.4) is 0 Å². The van der Waals surface area contributed by atoms with Gasteiger partial charge < -0.3 is 77.2 Å². The number of benzene rings is 1. The predicted octanol–water partition coefficient (Wildman–Crippen LogP) is 1.45. The summed E-state index contributed by atoms with van der Waals surface area (Å²) in [4.78, 5) is 87.8. The minimum atomic E-state index is -4.77. The SMILES string of the molecule is N[C@@H](CCSC[C@H]1O[C@@H](n2cnc3c(NCCCCNC(=O)C[C@H](NC(=O)c4ccc(C5(C(F)(F)F)N=N5)cc4)C(=O)NCCCOCCOCCOCCCNC(=O)CCCC[C@@H]4SC[C@@H]5NC(=O)N[C@@H]54)ncnc32)C(O)[C@H]1O)C(=O)O. The fourth-order valence-corrected chi connectivity index (χ4v) is 11.9. The number of carboxylic acid groups (broad SMARTS) is 1. The van der Waals surface area contributed by atoms with Crippen LogP contribution < -0.4 is 43.0 Å². The molecule has 4 aliphatic heterocycles. The number of amides is 6. The summed E-state index contributed by atoms with van der Waals surface area (Å²) in [6.07, 6.45) is -1.43. The molecule has 458 valence electrons. The fraction of sp³-hybridized carbons (Fsp3) is 0.667. The zero-order valence-electron chi connectivity index (χ0n) is 45.6. The Morgan fingerprint density at radius 2 is 1.53 bits per heavy atom. The number of hydrogen-bond donors (Lipinski definition) is 11. The van der Waals surface area contributed by atoms with E-state index in [9.17, 15) is 52.2 Å². The normalized spacial score (nSPS) is 22.1. The number of fused-ring (bicyclic) bond motifs is 2. The van der Waals surface area contributed by atoms with Crippen LogP contribution in [0.25, 0.3) is 11.2 Å². The molecule has 6 heterocycles. The van der Waals surface area contributed by atoms with Crippen LogP contribution >= 0.6 is 23.5 Å². The standard InChI is InChI=1S/C51H73F3N14O13S2/c52-51(53,54)50(66-67-50)31-11-9-30(10-12-31)45(73)63-33(46(74)59-17-6-19-79-21-23-80-22-20-78-18-5-16-56-37(69)8-2-1-7-36-39-34(26-83-36)64-49(77)65-39)25-38(70)57-14-3-4-15-58-43-40-44(61-28-60-43)68(29-62-40)47-42(72)41(71)35(81-47)27-82-24-13-32(55)48(75)76/h9-12,28-29,32-36,39,41-42,47,71-72H,1-8,13-27,55H2,(H,56,69)(H,57,70)(H,59,74)(H,63,73)(H,75,76)(H,58,60,61)(H2,64,65,77)/t32-,33-,34-,35+,36-,39-,41-,42?,47+/m0/s1. The van der Waals surface area contributed by atoms with Gasteiger partial charge in [-0.25, -0.2) is 19.7 Å². The van der Waals surface area contributed by atoms with Gasteiger partial charge in [0, 0.05) is 73.7 Å². The number of ether oxygens (including phenoxy) is 4. The quantitative estimate of drug-likeness (QED) is 0.0286. The van der Waals surface area contributed by atoms with E-state index < -0.39 is 78.6 Å². The number of unbranched alkanes of at least 4 members (excludes halogenated alkanes) is 2. The summed E-state index contributed by atoms with van der Waals surface area (Å²) in [5.74, 6) is -1.15. The van der Waals surface area contributed by atoms with Gasteiger partial charge >= 0.3 is 23.8 Å². The number of imidazole rings is 1. The largest absolute Gasteiger partial charge is 0.480 e. The molecule has 4 aliphatic rings. The lowest BCUT2D eigenvalue weighted by Gasteiger charge is -2.19. The van der Waals surface area contributed by atoms with E-state index in [1.807, 2.05) is 11.8 Å². The summed E-state index contributed by atoms with van der Waals surface area (Å²) in [5, 5.41) is 57.3. The number of nitrogens with zero attached hydrogens (tertiary/aromatic N) is 6. The van der Waals surface area contributed by atoms with Crippen LogP contribution in [-0.4, -0.2) is 207 Å². The highest BCUT2D eigenvalue weighted by Gasteiger charge is 2.65. The van der Waals surface area contributed by atoms with Crippen LogP contribution in [0.4, 0.5) is 23.8 Å². The number of thioether (sulfide) groups is 2. The van der Waals surface area contributed by atoms with Gasteiger partial charge in [0.05, 0.1) is 57.4 Å². The average molecular weight is 1210 g/mol. The molecule has 3 fully saturated rings. The van der Waals surface area contributed by atoms with Crippen molar-refractivity contribution < 1.29 is 76.2 Å². The van der Waals surface area contributed by atoms with Crippen molar-refractivity contribution >= 4 is 76.1 Å². The van der Waals surface area contributed by atoms with Crippen LogP contribution in [0, 0.1) is 0 Å². The summed E-state index contributed by atoms with van der Waals surface area (Å²) >= 11 is 3.21. The predicted molar refractivity (Wildman–Crippen MR) is 296 cm³/mol. The van der Waals surface area contributed by atoms with Crippen LogP contribution in [0.15, 0.2) is 47.1 Å². The van der Waals surface area contributed by atoms with E-state index in [1.165, 1.54) is 29.0 Å². The molecule has 1 aromatic carbocycles. The summed E-state index contributed by atoms with van der Waals surface area (Å²) in [6, 6.07) is 2.35. The molecule has 1 unspecified atom stereocenters. The number of carbonyl (C=O) groups excluding carboxylic acids is 5. The minimum Gasteiger partial charge on any atom is -0.480 e. The number of carbonyl (C=O) groups is 6. The Balaban J connectivity index is 0.758. The second-order valence-electron chi connectivity index (χ2n) is 20.1. The van der Waals surface area contributed by atoms with E-state index in [4.69, 9.17) is 29.8 Å². The highest BCUT2D eigenvalue weighted by Crippen LogP contribution is 2.52. The fourth-order valence-electron chi connectivity index (χ4n) is 9.30. The van der Waals surface area contributed by atoms with Crippen LogP contribution in [0.5, 0.6) is 0 Å². The molecule has 0 radical (unpaired) electrons. The third-order valence-corrected chi connectivity index (χ3v) is 16.6. The molecule has 0 saturated carbocycles. The zero-order valence-corrected chi connectivity index (χ0v) is 47.2. The molecule has 7 rings (SSSR count). The second kappa shape index (κ2) is 31.8. The van der Waals surface area contributed by atoms with Gasteiger partial charge in [0.25, 0.3) is 5.91 Å². The molecule has 83 heavy (non-hydrogen) atoms. The van der Waals surface area contributed by atoms with E-state index in [0.29, 0.717) is 99.6 Å². The van der Waals surface area contributed by atoms with Crippen molar-refractivity contribution in [2.75, 3.05) is 88.4 Å². The van der Waals surface area contributed by atoms with E-state index in [0.717, 1.165) is 49.3 Å². The minimum absolute atomic E-state index is 0.00782. The Morgan fingerprint density at radius 3 is 2.23 bits per heavy atom. The van der Waals surface area contributed by atoms with Gasteiger partial charge in [0.15, 0.2) is 23.2 Å². The Labute approximate surface area is 484 Å². The topological polar surface area (TPSA) is 379 Å². The third kappa shape index (κ3) is 18.7. The molecule has 0 aliphatic carbocycles. The molecule has 0 spiro atoms. The number of aromatic nitrogens is 4. The number of anilines is 1. The van der Waals surface area contributed by atoms with Gasteiger partial charge in [0.1, 0.15) is 30.6 Å². The van der Waals surface area contributed by atoms with E-state index in [2.05, 4.69) is 62.4 Å². The number of nitrogens with one attached hydrogen (secondary N) is 7. The first-order chi connectivity index (χ1) is 40.0. The number of urea groups is 1. The Kier molecular flexibility index (Phi) is 24.7. The Hall–Kier alpha value is -6.00. The maximum Gasteiger partial charge on any atom is 0.442 e. The molecule has 27 nitrogen and oxygen atoms in total. The van der Waals surface area contributed by atoms with Gasteiger partial charge in [-0.1, -0.05) is 18.6 Å². The number of nitrogens with two attached hydrogens (primary N) is 1. The van der Waals surface area contributed by atoms with Gasteiger partial charge in [-0.3, -0.25) is 28.5 Å². The first kappa shape index (κ1) is 64.6. The first-order valence-electron chi connectivity index (χ1n) is 27.6. The van der Waals surface area contributed by atoms with E-state index >= 15 is 0 Å². The Morgan fingerprint density at radius 1 is 0.855 bits per heavy atom. The lowest BCUT2D eigenvalue weighted by Crippen LogP contribution is -2.49. The molecule has 32 heteroatoms. The number of rotatable bonds is 38. The molecule has 2 aromatic heterocycles. The average Bonchev–Trinajstić information content (AvgIpc) is 3.66. The molecular weight excluding hydrogens is 1140 g/mol. The lowest BCUT2D eigenvalue weighted by atomic mass is 10.0. The second-order valence-corrected chi connectivity index (χ2v) is 22.5. The van der Waals surface area contributed by atoms with Crippen molar-refractivity contribution in [3.63, 3.8) is 0 Å². The highest BCUT2D eigenvalue weighted by atomic mass is 32.2. The number of carboxylic acids is 1. The first-order valence-corrected chi connectivity index (χ1v) is 29.8. The van der Waals surface area contributed by atoms with Crippen LogP contribution in [0.1, 0.15) is 86.4 Å². The number of aliphatic carboxylic acids is 1. The van der Waals surface area contributed by atoms with Gasteiger partial charge in [-0.2, -0.15) is 36.7 Å². The maximum absolute atomic E-state index is 13.6. The summed E-state index contributed by atoms with van der Waals surface area (Å²) < 4.78 is 65.0. The number of halogens is 3. The number of aliphatic hydroxyl groups excluding tert-OH is 2. The van der Waals surface area contributed by atoms with Crippen molar-refractivity contribution in [2.45, 2.75) is 130 Å². The van der Waals surface area contributed by atoms with Gasteiger partial charge in [-0.15, -0.1) is 10.2 Å². The van der Waals surface area contributed by atoms with Crippen molar-refractivity contribution in [2.24, 2.45) is 16.0 Å². The van der Waals surface area contributed by atoms with Crippen molar-refractivity contribution in [1.29, 1.82) is 0 Å². The van der Waals surface area contributed by atoms with E-state index in [-0.39, 0.29) is 73.6 Å². The third-order valence-electron chi connectivity index (χ3n) is 14.0.